The Balaban J connectivity index is 0.000000121. The van der Waals surface area contributed by atoms with Crippen molar-refractivity contribution in [2.24, 2.45) is 100 Å². The van der Waals surface area contributed by atoms with Crippen molar-refractivity contribution in [3.05, 3.63) is 197 Å². The van der Waals surface area contributed by atoms with Crippen LogP contribution in [0.25, 0.3) is 0 Å². The Bertz CT molecular complexity index is 4570. The molecule has 19 atom stereocenters. The number of anilines is 8. The second kappa shape index (κ2) is 38.0. The Labute approximate surface area is 695 Å². The number of nitrogen functional groups attached to an aromatic ring is 1. The van der Waals surface area contributed by atoms with Crippen molar-refractivity contribution in [1.82, 2.24) is 45.0 Å². The molecular weight excluding hydrogens is 1530 g/mol. The van der Waals surface area contributed by atoms with Gasteiger partial charge in [-0.3, -0.25) is 14.4 Å². The normalized spacial score (nSPS) is 29.5. The molecule has 22 nitrogen and oxygen atoms in total. The molecule has 622 valence electrons. The van der Waals surface area contributed by atoms with Crippen LogP contribution in [0.1, 0.15) is 107 Å². The number of aryl methyl sites for hydroxylation is 2. The third-order valence-corrected chi connectivity index (χ3v) is 26.6. The summed E-state index contributed by atoms with van der Waals surface area (Å²) in [4.78, 5) is 69.6. The van der Waals surface area contributed by atoms with Gasteiger partial charge in [-0.2, -0.15) is 15.0 Å². The molecule has 2 aliphatic heterocycles. The van der Waals surface area contributed by atoms with Crippen molar-refractivity contribution in [3.63, 3.8) is 0 Å². The molecule has 0 radical (unpaired) electrons. The minimum Gasteiger partial charge on any atom is -0.497 e. The molecule has 5 heterocycles. The number of carbonyl (C=O) groups is 3. The highest BCUT2D eigenvalue weighted by Crippen LogP contribution is 2.49. The van der Waals surface area contributed by atoms with E-state index in [4.69, 9.17) is 45.1 Å². The summed E-state index contributed by atoms with van der Waals surface area (Å²) < 4.78 is 47.4. The molecule has 3 aromatic heterocycles. The number of benzene rings is 3. The zero-order valence-corrected chi connectivity index (χ0v) is 69.3. The van der Waals surface area contributed by atoms with Gasteiger partial charge in [-0.05, 0) is 271 Å². The lowest BCUT2D eigenvalue weighted by molar-refractivity contribution is -0.126. The first-order valence-electron chi connectivity index (χ1n) is 41.8. The molecule has 6 aromatic rings. The number of allylic oxidation sites excluding steroid dienone is 9. The van der Waals surface area contributed by atoms with Crippen molar-refractivity contribution in [2.45, 2.75) is 122 Å². The molecule has 8 fully saturated rings. The van der Waals surface area contributed by atoms with Crippen molar-refractivity contribution in [2.75, 3.05) is 110 Å². The number of rotatable bonds is 16. The lowest BCUT2D eigenvalue weighted by Crippen LogP contribution is -2.44. The summed E-state index contributed by atoms with van der Waals surface area (Å²) in [6.07, 6.45) is 45.6. The van der Waals surface area contributed by atoms with E-state index in [2.05, 4.69) is 177 Å². The first-order valence-corrected chi connectivity index (χ1v) is 42.6. The number of fused-ring (bicyclic) bond motifs is 12. The number of amides is 3. The highest BCUT2D eigenvalue weighted by Gasteiger charge is 2.51. The van der Waals surface area contributed by atoms with Crippen LogP contribution in [0.5, 0.6) is 5.75 Å². The van der Waals surface area contributed by atoms with E-state index in [0.717, 1.165) is 154 Å². The van der Waals surface area contributed by atoms with Crippen LogP contribution in [-0.4, -0.2) is 149 Å². The van der Waals surface area contributed by atoms with Gasteiger partial charge >= 0.3 is 0 Å². The highest BCUT2D eigenvalue weighted by molar-refractivity contribution is 6.28. The van der Waals surface area contributed by atoms with Crippen LogP contribution in [0.2, 0.25) is 10.6 Å². The minimum absolute atomic E-state index is 0.0113. The lowest BCUT2D eigenvalue weighted by atomic mass is 9.87. The number of hydrogen-bond donors (Lipinski definition) is 8. The monoisotopic (exact) mass is 1640 g/mol. The number of methoxy groups -OCH3 is 1. The van der Waals surface area contributed by atoms with Gasteiger partial charge in [-0.1, -0.05) is 85.0 Å². The molecule has 27 heteroatoms. The average molecular weight is 1640 g/mol. The SMILES string of the molecule is C1=C[C@H]2CC[C@@H]1C2.C1=C[C@H]2CC[C@@H]1C2.C1=C[C@H]2CC[C@@H]1C2.COc1ccc([C@@H](C)NC(=O)[C@@H]2[C@H](Nc3nc(Cl)ncc3F)[C@H]3C=C[C@@H]2C3)cc1.Cc1cc(N)ccc1N1CCN(C)CC1.Cc1cc(Nc2ncc(F)c(N[C@H]3[C@@H](C(N)=O)[C@@H]4C=C[C@H]3C4)n2)ccc1N1CCN(C)CC1.NC(=O)[C@@H]1[C@H](Nc2nc(Cl)ncc2F)[C@H]2C=C[C@@H]1C2. The van der Waals surface area contributed by atoms with Gasteiger partial charge in [-0.15, -0.1) is 0 Å². The number of nitrogens with two attached hydrogens (primary N) is 3. The van der Waals surface area contributed by atoms with Crippen molar-refractivity contribution in [1.29, 1.82) is 0 Å². The van der Waals surface area contributed by atoms with E-state index in [1.54, 1.807) is 7.11 Å². The Hall–Kier alpha value is -9.56. The Morgan fingerprint density at radius 2 is 0.855 bits per heavy atom. The molecule has 117 heavy (non-hydrogen) atoms. The highest BCUT2D eigenvalue weighted by atomic mass is 35.5. The third-order valence-electron chi connectivity index (χ3n) is 26.3. The summed E-state index contributed by atoms with van der Waals surface area (Å²) in [5, 5.41) is 15.4. The molecule has 6 saturated carbocycles. The standard InChI is InChI=1S/C24H30FN7O.C21H22ClFN4O2.C12H12ClFN4O.C12H19N3.3C7H10/c1-14-11-17(5-6-19(14)32-9-7-31(2)8-10-32)28-24-27-13-18(25)23(30-24)29-21-16-4-3-15(12-16)20(21)22(26)33;1-11(12-5-7-15(29-2)8-6-12)25-20(28)17-13-3-4-14(9-13)18(17)26-19-16(23)10-24-21(22)27-19;13-12-16-4-7(14)11(18-12)17-9-6-2-1-5(3-6)8(9)10(15)19;1-10-9-11(13)3-4-12(10)15-7-5-14(2)6-8-15;3*1-2-7-4-3-6(1)5-7/h3-6,11,13,15-16,20-21H,7-10,12H2,1-2H3,(H2,26,33)(H2,27,28,29,30);3-8,10-11,13-14,17-18H,9H2,1-2H3,(H,25,28)(H,24,26,27);1-2,4-6,8-9H,3H2,(H2,15,19)(H,16,17,18);3-4,9H,5-8,13H2,1-2H3;3*1-2,6-7H,3-5H2/t15-,16+,20+,21-;11-,13-,14+,17+,18-;5-,6+,8+,9-;;3*6-,7+/m111..../s1. The second-order valence-corrected chi connectivity index (χ2v) is 34.9. The van der Waals surface area contributed by atoms with Crippen LogP contribution in [0.3, 0.4) is 0 Å². The van der Waals surface area contributed by atoms with Gasteiger partial charge in [0.1, 0.15) is 5.75 Å². The van der Waals surface area contributed by atoms with Crippen LogP contribution in [0, 0.1) is 120 Å². The largest absolute Gasteiger partial charge is 0.497 e. The fourth-order valence-corrected chi connectivity index (χ4v) is 20.1. The molecule has 3 aromatic carbocycles. The van der Waals surface area contributed by atoms with E-state index in [0.29, 0.717) is 5.95 Å². The lowest BCUT2D eigenvalue weighted by Gasteiger charge is -2.35. The van der Waals surface area contributed by atoms with Gasteiger partial charge in [-0.25, -0.2) is 28.1 Å². The van der Waals surface area contributed by atoms with Crippen molar-refractivity contribution < 1.29 is 32.3 Å². The van der Waals surface area contributed by atoms with Gasteiger partial charge in [0.15, 0.2) is 34.9 Å². The van der Waals surface area contributed by atoms with Crippen LogP contribution >= 0.6 is 23.2 Å². The fraction of sp³-hybridized carbons (Fsp3) is 0.500. The zero-order chi connectivity index (χ0) is 82.1. The number of nitrogens with one attached hydrogen (secondary N) is 5. The van der Waals surface area contributed by atoms with E-state index in [1.165, 1.54) is 74.7 Å². The first-order chi connectivity index (χ1) is 56.4. The van der Waals surface area contributed by atoms with Crippen LogP contribution in [0.15, 0.2) is 152 Å². The molecule has 11 N–H and O–H groups in total. The summed E-state index contributed by atoms with van der Waals surface area (Å²) >= 11 is 11.5. The first kappa shape index (κ1) is 83.9. The molecular formula is C90H113Cl2F3N18O4. The van der Waals surface area contributed by atoms with E-state index in [1.807, 2.05) is 67.6 Å². The van der Waals surface area contributed by atoms with Gasteiger partial charge < -0.3 is 68.1 Å². The van der Waals surface area contributed by atoms with Crippen LogP contribution < -0.4 is 58.3 Å². The average Bonchev–Trinajstić information content (AvgIpc) is 1.63. The van der Waals surface area contributed by atoms with E-state index in [-0.39, 0.29) is 123 Å². The molecule has 3 amide bonds. The van der Waals surface area contributed by atoms with Gasteiger partial charge in [0.2, 0.25) is 34.2 Å². The van der Waals surface area contributed by atoms with E-state index < -0.39 is 17.5 Å². The Morgan fingerprint density at radius 3 is 1.23 bits per heavy atom. The second-order valence-electron chi connectivity index (χ2n) is 34.2. The molecule has 2 saturated heterocycles. The fourth-order valence-electron chi connectivity index (χ4n) is 19.9. The summed E-state index contributed by atoms with van der Waals surface area (Å²) in [5.41, 5.74) is 24.5. The third kappa shape index (κ3) is 20.8. The maximum Gasteiger partial charge on any atom is 0.229 e. The number of hydrogen-bond acceptors (Lipinski definition) is 19. The summed E-state index contributed by atoms with van der Waals surface area (Å²) in [5.74, 6) is 4.31. The molecule has 0 unspecified atom stereocenters. The number of halogens is 5. The Kier molecular flexibility index (Phi) is 27.3. The predicted octanol–water partition coefficient (Wildman–Crippen LogP) is 14.9. The van der Waals surface area contributed by atoms with Gasteiger partial charge in [0.05, 0.1) is 49.5 Å². The molecule has 20 rings (SSSR count). The topological polar surface area (TPSA) is 289 Å². The molecule has 12 aliphatic carbocycles. The quantitative estimate of drug-likeness (QED) is 0.0254. The number of nitrogens with zero attached hydrogens (tertiary/aromatic N) is 10. The van der Waals surface area contributed by atoms with Crippen LogP contribution in [0.4, 0.5) is 59.3 Å². The predicted molar refractivity (Wildman–Crippen MR) is 458 cm³/mol. The summed E-state index contributed by atoms with van der Waals surface area (Å²) in [6, 6.07) is 19.0. The van der Waals surface area contributed by atoms with Gasteiger partial charge in [0, 0.05) is 93.2 Å². The number of ether oxygens (including phenoxy) is 1. The zero-order valence-electron chi connectivity index (χ0n) is 67.8. The van der Waals surface area contributed by atoms with Crippen molar-refractivity contribution >= 4 is 87.1 Å². The number of carbonyl (C=O) groups excluding carboxylic acids is 3. The van der Waals surface area contributed by atoms with Crippen molar-refractivity contribution in [3.8, 4) is 5.75 Å². The minimum atomic E-state index is -0.598. The van der Waals surface area contributed by atoms with Crippen LogP contribution in [-0.2, 0) is 14.4 Å². The smallest absolute Gasteiger partial charge is 0.229 e. The maximum absolute atomic E-state index is 14.5. The number of aromatic nitrogens is 6. The summed E-state index contributed by atoms with van der Waals surface area (Å²) in [7, 11) is 5.93. The molecule has 12 bridgehead atoms. The molecule has 14 aliphatic rings. The Morgan fingerprint density at radius 1 is 0.479 bits per heavy atom. The van der Waals surface area contributed by atoms with Gasteiger partial charge in [0.25, 0.3) is 0 Å². The van der Waals surface area contributed by atoms with E-state index in [9.17, 15) is 27.6 Å². The van der Waals surface area contributed by atoms with E-state index >= 15 is 0 Å². The maximum atomic E-state index is 14.5. The number of primary amides is 2. The number of likely N-dealkylation sites (N-methyl/N-ethyl adjacent to an activating group) is 2. The summed E-state index contributed by atoms with van der Waals surface area (Å²) in [6.45, 7) is 14.8. The number of piperazine rings is 2. The molecule has 0 spiro atoms.